The lowest BCUT2D eigenvalue weighted by Gasteiger charge is -2.10. The molecule has 2 aromatic carbocycles. The van der Waals surface area contributed by atoms with Gasteiger partial charge in [0.15, 0.2) is 5.13 Å². The molecule has 3 aromatic rings. The van der Waals surface area contributed by atoms with Crippen LogP contribution < -0.4 is 10.2 Å². The molecule has 0 radical (unpaired) electrons. The van der Waals surface area contributed by atoms with Crippen molar-refractivity contribution in [1.29, 1.82) is 0 Å². The number of benzene rings is 2. The third-order valence-electron chi connectivity index (χ3n) is 5.27. The Balaban J connectivity index is 1.28. The van der Waals surface area contributed by atoms with Gasteiger partial charge in [-0.2, -0.15) is 0 Å². The van der Waals surface area contributed by atoms with Gasteiger partial charge in [0.05, 0.1) is 12.1 Å². The van der Waals surface area contributed by atoms with Gasteiger partial charge in [-0.1, -0.05) is 30.3 Å². The Morgan fingerprint density at radius 3 is 2.86 bits per heavy atom. The van der Waals surface area contributed by atoms with Crippen molar-refractivity contribution in [2.45, 2.75) is 25.7 Å². The number of carbonyl (C=O) groups is 2. The number of amides is 2. The average Bonchev–Trinajstić information content (AvgIpc) is 3.40. The molecule has 1 aliphatic carbocycles. The van der Waals surface area contributed by atoms with E-state index in [1.807, 2.05) is 17.5 Å². The summed E-state index contributed by atoms with van der Waals surface area (Å²) in [6, 6.07) is 14.5. The Kier molecular flexibility index (Phi) is 4.20. The van der Waals surface area contributed by atoms with E-state index in [4.69, 9.17) is 0 Å². The molecule has 5 rings (SSSR count). The number of anilines is 2. The third-order valence-corrected chi connectivity index (χ3v) is 6.18. The molecule has 1 N–H and O–H groups in total. The predicted octanol–water partition coefficient (Wildman–Crippen LogP) is 4.02. The van der Waals surface area contributed by atoms with Gasteiger partial charge in [-0.3, -0.25) is 14.5 Å². The molecule has 6 heteroatoms. The standard InChI is InChI=1S/C22H19N3O2S/c26-20(12-17-13-28-22(24-17)25-9-3-6-21(25)27)23-16-8-7-15-10-14-4-1-2-5-18(14)19(15)11-16/h1-2,4-5,7-8,11,13H,3,6,9-10,12H2,(H,23,26). The second-order valence-electron chi connectivity index (χ2n) is 7.20. The third kappa shape index (κ3) is 3.10. The maximum Gasteiger partial charge on any atom is 0.230 e. The molecule has 140 valence electrons. The summed E-state index contributed by atoms with van der Waals surface area (Å²) >= 11 is 1.42. The maximum absolute atomic E-state index is 12.5. The van der Waals surface area contributed by atoms with Gasteiger partial charge < -0.3 is 5.32 Å². The molecule has 28 heavy (non-hydrogen) atoms. The van der Waals surface area contributed by atoms with Crippen LogP contribution in [0.1, 0.15) is 29.7 Å². The Morgan fingerprint density at radius 1 is 1.14 bits per heavy atom. The minimum atomic E-state index is -0.101. The fraction of sp³-hybridized carbons (Fsp3) is 0.227. The summed E-state index contributed by atoms with van der Waals surface area (Å²) in [7, 11) is 0. The van der Waals surface area contributed by atoms with Gasteiger partial charge in [0.25, 0.3) is 0 Å². The molecule has 2 heterocycles. The summed E-state index contributed by atoms with van der Waals surface area (Å²) in [4.78, 5) is 30.5. The number of hydrogen-bond acceptors (Lipinski definition) is 4. The lowest BCUT2D eigenvalue weighted by Crippen LogP contribution is -2.23. The second kappa shape index (κ2) is 6.87. The van der Waals surface area contributed by atoms with E-state index in [0.29, 0.717) is 23.8 Å². The minimum Gasteiger partial charge on any atom is -0.326 e. The number of nitrogens with one attached hydrogen (secondary N) is 1. The van der Waals surface area contributed by atoms with Crippen LogP contribution in [-0.2, 0) is 22.4 Å². The normalized spacial score (nSPS) is 14.9. The molecule has 1 fully saturated rings. The zero-order valence-electron chi connectivity index (χ0n) is 15.3. The van der Waals surface area contributed by atoms with Crippen LogP contribution in [0.25, 0.3) is 11.1 Å². The second-order valence-corrected chi connectivity index (χ2v) is 8.04. The van der Waals surface area contributed by atoms with Crippen LogP contribution in [0.3, 0.4) is 0 Å². The smallest absolute Gasteiger partial charge is 0.230 e. The van der Waals surface area contributed by atoms with Crippen LogP contribution in [-0.4, -0.2) is 23.3 Å². The van der Waals surface area contributed by atoms with Crippen molar-refractivity contribution in [2.75, 3.05) is 16.8 Å². The van der Waals surface area contributed by atoms with Gasteiger partial charge in [-0.15, -0.1) is 11.3 Å². The van der Waals surface area contributed by atoms with Gasteiger partial charge in [-0.05, 0) is 47.2 Å². The summed E-state index contributed by atoms with van der Waals surface area (Å²) in [6.45, 7) is 0.717. The van der Waals surface area contributed by atoms with Crippen LogP contribution in [0.2, 0.25) is 0 Å². The van der Waals surface area contributed by atoms with Gasteiger partial charge in [0.2, 0.25) is 11.8 Å². The van der Waals surface area contributed by atoms with E-state index in [2.05, 4.69) is 40.6 Å². The summed E-state index contributed by atoms with van der Waals surface area (Å²) < 4.78 is 0. The lowest BCUT2D eigenvalue weighted by molar-refractivity contribution is -0.117. The van der Waals surface area contributed by atoms with E-state index < -0.39 is 0 Å². The van der Waals surface area contributed by atoms with E-state index in [-0.39, 0.29) is 18.2 Å². The number of hydrogen-bond donors (Lipinski definition) is 1. The fourth-order valence-electron chi connectivity index (χ4n) is 3.92. The zero-order chi connectivity index (χ0) is 19.1. The number of nitrogens with zero attached hydrogens (tertiary/aromatic N) is 2. The Labute approximate surface area is 167 Å². The first-order chi connectivity index (χ1) is 13.7. The van der Waals surface area contributed by atoms with Crippen LogP contribution >= 0.6 is 11.3 Å². The van der Waals surface area contributed by atoms with Crippen molar-refractivity contribution in [2.24, 2.45) is 0 Å². The molecule has 0 spiro atoms. The van der Waals surface area contributed by atoms with E-state index in [9.17, 15) is 9.59 Å². The van der Waals surface area contributed by atoms with Gasteiger partial charge in [0, 0.05) is 24.0 Å². The van der Waals surface area contributed by atoms with E-state index in [1.165, 1.54) is 33.6 Å². The quantitative estimate of drug-likeness (QED) is 0.573. The highest BCUT2D eigenvalue weighted by molar-refractivity contribution is 7.14. The summed E-state index contributed by atoms with van der Waals surface area (Å²) in [6.07, 6.45) is 2.59. The molecule has 1 aliphatic heterocycles. The molecular formula is C22H19N3O2S. The molecule has 0 atom stereocenters. The van der Waals surface area contributed by atoms with E-state index in [1.54, 1.807) is 4.90 Å². The van der Waals surface area contributed by atoms with Crippen molar-refractivity contribution in [3.63, 3.8) is 0 Å². The van der Waals surface area contributed by atoms with E-state index >= 15 is 0 Å². The van der Waals surface area contributed by atoms with Crippen LogP contribution in [0, 0.1) is 0 Å². The lowest BCUT2D eigenvalue weighted by atomic mass is 10.1. The number of aromatic nitrogens is 1. The van der Waals surface area contributed by atoms with E-state index in [0.717, 1.165) is 18.5 Å². The first kappa shape index (κ1) is 17.1. The van der Waals surface area contributed by atoms with Crippen LogP contribution in [0.5, 0.6) is 0 Å². The monoisotopic (exact) mass is 389 g/mol. The SMILES string of the molecule is O=C(Cc1csc(N2CCCC2=O)n1)Nc1ccc2c(c1)-c1ccccc1C2. The molecule has 1 saturated heterocycles. The minimum absolute atomic E-state index is 0.101. The molecule has 1 aromatic heterocycles. The Morgan fingerprint density at radius 2 is 2.00 bits per heavy atom. The van der Waals surface area contributed by atoms with Crippen LogP contribution in [0.15, 0.2) is 47.8 Å². The van der Waals surface area contributed by atoms with Crippen molar-refractivity contribution in [3.05, 3.63) is 64.7 Å². The predicted molar refractivity (Wildman–Crippen MR) is 111 cm³/mol. The molecule has 2 aliphatic rings. The average molecular weight is 389 g/mol. The first-order valence-corrected chi connectivity index (χ1v) is 10.3. The Hall–Kier alpha value is -2.99. The highest BCUT2D eigenvalue weighted by Gasteiger charge is 2.24. The molecule has 5 nitrogen and oxygen atoms in total. The first-order valence-electron chi connectivity index (χ1n) is 9.43. The van der Waals surface area contributed by atoms with Crippen molar-refractivity contribution >= 4 is 34.0 Å². The molecule has 0 bridgehead atoms. The zero-order valence-corrected chi connectivity index (χ0v) is 16.1. The summed E-state index contributed by atoms with van der Waals surface area (Å²) in [5.74, 6) is 0.0135. The van der Waals surface area contributed by atoms with Gasteiger partial charge >= 0.3 is 0 Å². The molecule has 0 unspecified atom stereocenters. The number of carbonyl (C=O) groups excluding carboxylic acids is 2. The van der Waals surface area contributed by atoms with Gasteiger partial charge in [0.1, 0.15) is 0 Å². The summed E-state index contributed by atoms with van der Waals surface area (Å²) in [5.41, 5.74) is 6.55. The van der Waals surface area contributed by atoms with Crippen molar-refractivity contribution in [3.8, 4) is 11.1 Å². The molecule has 0 saturated carbocycles. The molecular weight excluding hydrogens is 370 g/mol. The van der Waals surface area contributed by atoms with Crippen LogP contribution in [0.4, 0.5) is 10.8 Å². The van der Waals surface area contributed by atoms with Gasteiger partial charge in [-0.25, -0.2) is 4.98 Å². The highest BCUT2D eigenvalue weighted by Crippen LogP contribution is 2.37. The number of fused-ring (bicyclic) bond motifs is 3. The largest absolute Gasteiger partial charge is 0.326 e. The summed E-state index contributed by atoms with van der Waals surface area (Å²) in [5, 5.41) is 5.54. The topological polar surface area (TPSA) is 62.3 Å². The fourth-order valence-corrected chi connectivity index (χ4v) is 4.79. The highest BCUT2D eigenvalue weighted by atomic mass is 32.1. The van der Waals surface area contributed by atoms with Crippen molar-refractivity contribution < 1.29 is 9.59 Å². The number of rotatable bonds is 4. The van der Waals surface area contributed by atoms with Crippen molar-refractivity contribution in [1.82, 2.24) is 4.98 Å². The molecule has 2 amide bonds. The Bertz CT molecular complexity index is 1090. The maximum atomic E-state index is 12.5. The number of thiazole rings is 1.